The number of rotatable bonds is 2. The first-order valence-electron chi connectivity index (χ1n) is 5.46. The van der Waals surface area contributed by atoms with Gasteiger partial charge in [0.2, 0.25) is 0 Å². The lowest BCUT2D eigenvalue weighted by atomic mass is 10.1. The molecule has 0 unspecified atom stereocenters. The van der Waals surface area contributed by atoms with Gasteiger partial charge in [-0.3, -0.25) is 9.97 Å². The van der Waals surface area contributed by atoms with Gasteiger partial charge in [0.05, 0.1) is 32.5 Å². The summed E-state index contributed by atoms with van der Waals surface area (Å²) in [6.07, 6.45) is 3.73. The van der Waals surface area contributed by atoms with Crippen molar-refractivity contribution in [1.82, 2.24) is 18.7 Å². The van der Waals surface area contributed by atoms with Crippen molar-refractivity contribution in [2.75, 3.05) is 0 Å². The third-order valence-electron chi connectivity index (χ3n) is 2.81. The van der Waals surface area contributed by atoms with E-state index in [0.29, 0.717) is 0 Å². The Kier molecular flexibility index (Phi) is 2.61. The van der Waals surface area contributed by atoms with Gasteiger partial charge in [0.15, 0.2) is 0 Å². The van der Waals surface area contributed by atoms with Crippen LogP contribution in [-0.4, -0.2) is 18.7 Å². The minimum absolute atomic E-state index is 0.945. The summed E-state index contributed by atoms with van der Waals surface area (Å²) in [5.41, 5.74) is 7.75. The van der Waals surface area contributed by atoms with Crippen molar-refractivity contribution in [2.45, 2.75) is 0 Å². The molecule has 3 aromatic heterocycles. The maximum absolute atomic E-state index is 4.44. The summed E-state index contributed by atoms with van der Waals surface area (Å²) in [6, 6.07) is 4.18. The van der Waals surface area contributed by atoms with Crippen molar-refractivity contribution in [1.29, 1.82) is 0 Å². The third-order valence-corrected chi connectivity index (χ3v) is 4.95. The van der Waals surface area contributed by atoms with Crippen molar-refractivity contribution in [3.63, 3.8) is 0 Å². The van der Waals surface area contributed by atoms with Crippen LogP contribution < -0.4 is 0 Å². The Bertz CT molecular complexity index is 750. The number of fused-ring (bicyclic) bond motifs is 1. The predicted molar refractivity (Wildman–Crippen MR) is 79.6 cm³/mol. The molecule has 0 N–H and O–H groups in total. The van der Waals surface area contributed by atoms with E-state index in [9.17, 15) is 0 Å². The molecule has 0 atom stereocenters. The monoisotopic (exact) mass is 302 g/mol. The number of hydrogen-bond donors (Lipinski definition) is 0. The highest BCUT2D eigenvalue weighted by Crippen LogP contribution is 2.36. The van der Waals surface area contributed by atoms with Crippen LogP contribution in [0.15, 0.2) is 35.5 Å². The lowest BCUT2D eigenvalue weighted by Crippen LogP contribution is -1.81. The molecule has 0 spiro atoms. The molecule has 0 aliphatic heterocycles. The lowest BCUT2D eigenvalue weighted by Gasteiger charge is -2.02. The molecule has 0 amide bonds. The van der Waals surface area contributed by atoms with E-state index in [-0.39, 0.29) is 0 Å². The Morgan fingerprint density at radius 3 is 1.68 bits per heavy atom. The largest absolute Gasteiger partial charge is 0.252 e. The molecule has 0 radical (unpaired) electrons. The van der Waals surface area contributed by atoms with Gasteiger partial charge in [-0.25, -0.2) is 0 Å². The zero-order valence-corrected chi connectivity index (χ0v) is 11.9. The van der Waals surface area contributed by atoms with Gasteiger partial charge in [-0.2, -0.15) is 8.75 Å². The maximum atomic E-state index is 4.44. The fourth-order valence-electron chi connectivity index (χ4n) is 1.96. The van der Waals surface area contributed by atoms with Crippen molar-refractivity contribution >= 4 is 45.4 Å². The quantitative estimate of drug-likeness (QED) is 0.563. The zero-order valence-electron chi connectivity index (χ0n) is 9.48. The topological polar surface area (TPSA) is 51.6 Å². The second-order valence-corrected chi connectivity index (χ2v) is 6.15. The highest BCUT2D eigenvalue weighted by molar-refractivity contribution is 7.13. The summed E-state index contributed by atoms with van der Waals surface area (Å²) in [5, 5.41) is 0. The van der Waals surface area contributed by atoms with Gasteiger partial charge in [0.25, 0.3) is 0 Å². The Labute approximate surface area is 120 Å². The smallest absolute Gasteiger partial charge is 0.114 e. The van der Waals surface area contributed by atoms with Crippen molar-refractivity contribution in [2.24, 2.45) is 0 Å². The summed E-state index contributed by atoms with van der Waals surface area (Å²) < 4.78 is 8.88. The molecular formula is C12H6N4S3. The molecule has 92 valence electrons. The van der Waals surface area contributed by atoms with E-state index in [1.165, 1.54) is 11.7 Å². The molecule has 0 fully saturated rings. The molecule has 4 aromatic rings. The summed E-state index contributed by atoms with van der Waals surface area (Å²) >= 11 is 4.47. The van der Waals surface area contributed by atoms with Crippen LogP contribution in [0.5, 0.6) is 0 Å². The standard InChI is InChI=1S/C12H6N4S3/c1-2-8(10-4-14-6-18-10)12-11(15-19-16-12)7(1)9-3-13-5-17-9/h1-6H. The summed E-state index contributed by atoms with van der Waals surface area (Å²) in [5.74, 6) is 0. The summed E-state index contributed by atoms with van der Waals surface area (Å²) in [6.45, 7) is 0. The fourth-order valence-corrected chi connectivity index (χ4v) is 3.83. The first-order valence-corrected chi connectivity index (χ1v) is 7.95. The van der Waals surface area contributed by atoms with E-state index in [0.717, 1.165) is 31.9 Å². The number of nitrogens with zero attached hydrogens (tertiary/aromatic N) is 4. The van der Waals surface area contributed by atoms with Gasteiger partial charge in [0.1, 0.15) is 11.0 Å². The molecule has 0 saturated heterocycles. The van der Waals surface area contributed by atoms with Gasteiger partial charge in [0, 0.05) is 23.5 Å². The van der Waals surface area contributed by atoms with Crippen LogP contribution in [0.2, 0.25) is 0 Å². The Balaban J connectivity index is 2.01. The van der Waals surface area contributed by atoms with E-state index in [2.05, 4.69) is 30.8 Å². The summed E-state index contributed by atoms with van der Waals surface area (Å²) in [7, 11) is 0. The number of benzene rings is 1. The fraction of sp³-hybridized carbons (Fsp3) is 0. The van der Waals surface area contributed by atoms with Crippen LogP contribution in [0.3, 0.4) is 0 Å². The molecule has 0 bridgehead atoms. The molecular weight excluding hydrogens is 296 g/mol. The molecule has 7 heteroatoms. The molecule has 4 rings (SSSR count). The van der Waals surface area contributed by atoms with E-state index in [4.69, 9.17) is 0 Å². The molecule has 19 heavy (non-hydrogen) atoms. The van der Waals surface area contributed by atoms with Crippen molar-refractivity contribution < 1.29 is 0 Å². The molecule has 0 aliphatic carbocycles. The molecule has 0 saturated carbocycles. The number of thiazole rings is 2. The molecule has 4 nitrogen and oxygen atoms in total. The van der Waals surface area contributed by atoms with Gasteiger partial charge >= 0.3 is 0 Å². The minimum Gasteiger partial charge on any atom is -0.252 e. The van der Waals surface area contributed by atoms with Gasteiger partial charge in [-0.05, 0) is 0 Å². The predicted octanol–water partition coefficient (Wildman–Crippen LogP) is 3.94. The van der Waals surface area contributed by atoms with Gasteiger partial charge in [-0.1, -0.05) is 12.1 Å². The first kappa shape index (κ1) is 11.2. The minimum atomic E-state index is 0.945. The molecule has 0 aliphatic rings. The van der Waals surface area contributed by atoms with Crippen LogP contribution in [0.4, 0.5) is 0 Å². The Morgan fingerprint density at radius 1 is 0.737 bits per heavy atom. The van der Waals surface area contributed by atoms with E-state index in [1.807, 2.05) is 23.4 Å². The van der Waals surface area contributed by atoms with Crippen LogP contribution in [-0.2, 0) is 0 Å². The van der Waals surface area contributed by atoms with Gasteiger partial charge in [-0.15, -0.1) is 22.7 Å². The Hall–Kier alpha value is -1.70. The third kappa shape index (κ3) is 1.78. The molecule has 1 aromatic carbocycles. The van der Waals surface area contributed by atoms with Crippen molar-refractivity contribution in [3.8, 4) is 20.9 Å². The number of aromatic nitrogens is 4. The average Bonchev–Trinajstić information content (AvgIpc) is 3.19. The normalized spacial score (nSPS) is 11.2. The Morgan fingerprint density at radius 2 is 1.26 bits per heavy atom. The van der Waals surface area contributed by atoms with Crippen LogP contribution in [0.1, 0.15) is 0 Å². The van der Waals surface area contributed by atoms with E-state index >= 15 is 0 Å². The van der Waals surface area contributed by atoms with Crippen molar-refractivity contribution in [3.05, 3.63) is 35.5 Å². The van der Waals surface area contributed by atoms with E-state index in [1.54, 1.807) is 22.7 Å². The highest BCUT2D eigenvalue weighted by atomic mass is 32.1. The number of hydrogen-bond acceptors (Lipinski definition) is 7. The van der Waals surface area contributed by atoms with Gasteiger partial charge < -0.3 is 0 Å². The molecule has 3 heterocycles. The van der Waals surface area contributed by atoms with Crippen LogP contribution in [0.25, 0.3) is 31.9 Å². The van der Waals surface area contributed by atoms with E-state index < -0.39 is 0 Å². The van der Waals surface area contributed by atoms with Crippen LogP contribution >= 0.6 is 34.4 Å². The first-order chi connectivity index (χ1) is 9.43. The lowest BCUT2D eigenvalue weighted by molar-refractivity contribution is 1.42. The SMILES string of the molecule is c1ncc(-c2ccc(-c3cncs3)c3nsnc23)s1. The second kappa shape index (κ2) is 4.44. The second-order valence-electron chi connectivity index (χ2n) is 3.85. The summed E-state index contributed by atoms with van der Waals surface area (Å²) in [4.78, 5) is 10.5. The zero-order chi connectivity index (χ0) is 12.7. The maximum Gasteiger partial charge on any atom is 0.114 e. The average molecular weight is 302 g/mol. The highest BCUT2D eigenvalue weighted by Gasteiger charge is 2.14. The van der Waals surface area contributed by atoms with Crippen LogP contribution in [0, 0.1) is 0 Å².